The predicted octanol–water partition coefficient (Wildman–Crippen LogP) is 9.30. The number of rotatable bonds is 10. The molecule has 5 aromatic carbocycles. The first-order chi connectivity index (χ1) is 25.0. The van der Waals surface area contributed by atoms with Gasteiger partial charge in [-0.3, -0.25) is 19.7 Å². The van der Waals surface area contributed by atoms with Gasteiger partial charge in [0.15, 0.2) is 5.13 Å². The number of thiazole rings is 1. The van der Waals surface area contributed by atoms with E-state index in [-0.39, 0.29) is 29.6 Å². The van der Waals surface area contributed by atoms with Crippen molar-refractivity contribution in [3.8, 4) is 22.4 Å². The average Bonchev–Trinajstić information content (AvgIpc) is 3.63. The van der Waals surface area contributed by atoms with E-state index in [1.54, 1.807) is 55.6 Å². The van der Waals surface area contributed by atoms with Crippen LogP contribution in [0.25, 0.3) is 22.4 Å². The second-order valence-electron chi connectivity index (χ2n) is 13.6. The molecule has 1 atom stereocenters. The highest BCUT2D eigenvalue weighted by Crippen LogP contribution is 2.30. The molecular weight excluding hydrogens is 672 g/mol. The van der Waals surface area contributed by atoms with Crippen LogP contribution in [0.15, 0.2) is 133 Å². The number of carbonyl (C=O) groups excluding carboxylic acids is 3. The molecule has 0 fully saturated rings. The van der Waals surface area contributed by atoms with Crippen molar-refractivity contribution in [2.45, 2.75) is 38.8 Å². The summed E-state index contributed by atoms with van der Waals surface area (Å²) < 4.78 is 13.4. The largest absolute Gasteiger partial charge is 0.339 e. The minimum absolute atomic E-state index is 0.0229. The minimum Gasteiger partial charge on any atom is -0.339 e. The van der Waals surface area contributed by atoms with Crippen LogP contribution in [-0.2, 0) is 16.8 Å². The summed E-state index contributed by atoms with van der Waals surface area (Å²) in [4.78, 5) is 47.1. The first-order valence-corrected chi connectivity index (χ1v) is 17.8. The van der Waals surface area contributed by atoms with E-state index >= 15 is 0 Å². The molecule has 1 aromatic heterocycles. The maximum absolute atomic E-state index is 13.7. The van der Waals surface area contributed by atoms with Crippen molar-refractivity contribution in [2.24, 2.45) is 0 Å². The number of benzene rings is 5. The number of hydrogen-bond donors (Lipinski definition) is 2. The van der Waals surface area contributed by atoms with Gasteiger partial charge < -0.3 is 10.2 Å². The third-order valence-corrected chi connectivity index (χ3v) is 9.50. The summed E-state index contributed by atoms with van der Waals surface area (Å²) in [5.41, 5.74) is 6.55. The number of hydrogen-bond acceptors (Lipinski definition) is 5. The summed E-state index contributed by atoms with van der Waals surface area (Å²) in [6.07, 6.45) is 0. The van der Waals surface area contributed by atoms with Gasteiger partial charge in [0.1, 0.15) is 11.9 Å². The first kappa shape index (κ1) is 35.9. The Hall–Kier alpha value is -5.93. The Balaban J connectivity index is 1.17. The molecule has 0 radical (unpaired) electrons. The number of anilines is 1. The fourth-order valence-corrected chi connectivity index (χ4v) is 6.55. The Kier molecular flexibility index (Phi) is 10.7. The summed E-state index contributed by atoms with van der Waals surface area (Å²) in [6, 6.07) is 36.8. The Labute approximate surface area is 307 Å². The molecular formula is C43H39FN4O3S. The standard InChI is InChI=1S/C43H39FN4O3S/c1-43(2,3)33-21-19-29(20-22-33)35-15-8-9-16-36(35)40(50)47-42-45-37(27-52-42)31-13-10-14-32(25-31)39(49)46-38(30-11-6-5-7-12-30)41(51)48(4)26-28-17-23-34(44)24-18-28/h5-25,27,38H,26H2,1-4H3,(H,46,49)(H,45,47,50)/t38-/m0/s1. The lowest BCUT2D eigenvalue weighted by Gasteiger charge is -2.25. The molecule has 0 aliphatic rings. The van der Waals surface area contributed by atoms with Crippen LogP contribution in [0.2, 0.25) is 0 Å². The molecule has 0 saturated heterocycles. The van der Waals surface area contributed by atoms with Gasteiger partial charge in [0.25, 0.3) is 11.8 Å². The third kappa shape index (κ3) is 8.50. The highest BCUT2D eigenvalue weighted by molar-refractivity contribution is 7.14. The molecule has 52 heavy (non-hydrogen) atoms. The van der Waals surface area contributed by atoms with Crippen LogP contribution in [0.5, 0.6) is 0 Å². The highest BCUT2D eigenvalue weighted by atomic mass is 32.1. The quantitative estimate of drug-likeness (QED) is 0.148. The highest BCUT2D eigenvalue weighted by Gasteiger charge is 2.27. The van der Waals surface area contributed by atoms with Gasteiger partial charge in [0.2, 0.25) is 5.91 Å². The lowest BCUT2D eigenvalue weighted by Crippen LogP contribution is -2.41. The van der Waals surface area contributed by atoms with Crippen molar-refractivity contribution in [3.05, 3.63) is 166 Å². The number of amides is 3. The molecule has 262 valence electrons. The van der Waals surface area contributed by atoms with Crippen LogP contribution in [0.4, 0.5) is 9.52 Å². The smallest absolute Gasteiger partial charge is 0.258 e. The van der Waals surface area contributed by atoms with E-state index in [1.807, 2.05) is 60.0 Å². The van der Waals surface area contributed by atoms with Gasteiger partial charge in [-0.05, 0) is 63.6 Å². The molecule has 0 saturated carbocycles. The molecule has 1 heterocycles. The fourth-order valence-electron chi connectivity index (χ4n) is 5.84. The van der Waals surface area contributed by atoms with Crippen LogP contribution >= 0.6 is 11.3 Å². The summed E-state index contributed by atoms with van der Waals surface area (Å²) >= 11 is 1.29. The molecule has 2 N–H and O–H groups in total. The summed E-state index contributed by atoms with van der Waals surface area (Å²) in [7, 11) is 1.65. The number of likely N-dealkylation sites (N-methyl/N-ethyl adjacent to an activating group) is 1. The van der Waals surface area contributed by atoms with Gasteiger partial charge >= 0.3 is 0 Å². The van der Waals surface area contributed by atoms with Crippen LogP contribution in [0, 0.1) is 5.82 Å². The zero-order valence-electron chi connectivity index (χ0n) is 29.4. The average molecular weight is 711 g/mol. The third-order valence-electron chi connectivity index (χ3n) is 8.74. The van der Waals surface area contributed by atoms with Crippen molar-refractivity contribution in [1.82, 2.24) is 15.2 Å². The Bertz CT molecular complexity index is 2190. The molecule has 3 amide bonds. The van der Waals surface area contributed by atoms with Crippen molar-refractivity contribution in [3.63, 3.8) is 0 Å². The van der Waals surface area contributed by atoms with Gasteiger partial charge in [-0.25, -0.2) is 9.37 Å². The van der Waals surface area contributed by atoms with Crippen molar-refractivity contribution in [2.75, 3.05) is 12.4 Å². The monoisotopic (exact) mass is 710 g/mol. The first-order valence-electron chi connectivity index (χ1n) is 16.9. The van der Waals surface area contributed by atoms with E-state index in [0.29, 0.717) is 33.1 Å². The Morgan fingerprint density at radius 2 is 1.48 bits per heavy atom. The van der Waals surface area contributed by atoms with Crippen molar-refractivity contribution >= 4 is 34.2 Å². The second kappa shape index (κ2) is 15.5. The number of carbonyl (C=O) groups is 3. The van der Waals surface area contributed by atoms with Crippen LogP contribution in [0.3, 0.4) is 0 Å². The number of aromatic nitrogens is 1. The molecule has 0 aliphatic heterocycles. The lowest BCUT2D eigenvalue weighted by molar-refractivity contribution is -0.132. The topological polar surface area (TPSA) is 91.4 Å². The summed E-state index contributed by atoms with van der Waals surface area (Å²) in [6.45, 7) is 6.74. The van der Waals surface area contributed by atoms with Gasteiger partial charge in [-0.2, -0.15) is 0 Å². The lowest BCUT2D eigenvalue weighted by atomic mass is 9.86. The minimum atomic E-state index is -0.955. The van der Waals surface area contributed by atoms with Gasteiger partial charge in [-0.15, -0.1) is 11.3 Å². The SMILES string of the molecule is CN(Cc1ccc(F)cc1)C(=O)[C@@H](NC(=O)c1cccc(-c2csc(NC(=O)c3ccccc3-c3ccc(C(C)(C)C)cc3)n2)c1)c1ccccc1. The van der Waals surface area contributed by atoms with E-state index in [2.05, 4.69) is 48.5 Å². The van der Waals surface area contributed by atoms with E-state index in [4.69, 9.17) is 0 Å². The maximum atomic E-state index is 13.7. The second-order valence-corrected chi connectivity index (χ2v) is 14.4. The molecule has 0 spiro atoms. The molecule has 6 rings (SSSR count). The molecule has 7 nitrogen and oxygen atoms in total. The number of halogens is 1. The Morgan fingerprint density at radius 3 is 2.19 bits per heavy atom. The maximum Gasteiger partial charge on any atom is 0.258 e. The van der Waals surface area contributed by atoms with Gasteiger partial charge in [0, 0.05) is 35.7 Å². The number of nitrogens with zero attached hydrogens (tertiary/aromatic N) is 2. The van der Waals surface area contributed by atoms with Crippen LogP contribution < -0.4 is 10.6 Å². The summed E-state index contributed by atoms with van der Waals surface area (Å²) in [5.74, 6) is -1.38. The van der Waals surface area contributed by atoms with E-state index in [1.165, 1.54) is 33.9 Å². The Morgan fingerprint density at radius 1 is 0.788 bits per heavy atom. The molecule has 9 heteroatoms. The predicted molar refractivity (Wildman–Crippen MR) is 206 cm³/mol. The van der Waals surface area contributed by atoms with Crippen molar-refractivity contribution < 1.29 is 18.8 Å². The van der Waals surface area contributed by atoms with Gasteiger partial charge in [-0.1, -0.05) is 118 Å². The van der Waals surface area contributed by atoms with E-state index in [9.17, 15) is 18.8 Å². The van der Waals surface area contributed by atoms with E-state index < -0.39 is 11.9 Å². The fraction of sp³-hybridized carbons (Fsp3) is 0.163. The normalized spacial score (nSPS) is 11.8. The zero-order valence-corrected chi connectivity index (χ0v) is 30.2. The van der Waals surface area contributed by atoms with E-state index in [0.717, 1.165) is 16.7 Å². The zero-order chi connectivity index (χ0) is 36.8. The summed E-state index contributed by atoms with van der Waals surface area (Å²) in [5, 5.41) is 8.11. The molecule has 6 aromatic rings. The molecule has 0 aliphatic carbocycles. The van der Waals surface area contributed by atoms with Crippen LogP contribution in [0.1, 0.15) is 64.2 Å². The molecule has 0 unspecified atom stereocenters. The molecule has 0 bridgehead atoms. The van der Waals surface area contributed by atoms with Crippen LogP contribution in [-0.4, -0.2) is 34.7 Å². The number of nitrogens with one attached hydrogen (secondary N) is 2. The van der Waals surface area contributed by atoms with Gasteiger partial charge in [0.05, 0.1) is 5.69 Å². The van der Waals surface area contributed by atoms with Crippen molar-refractivity contribution in [1.29, 1.82) is 0 Å².